The molecule has 2 amide bonds. The number of nitrogens with one attached hydrogen (secondary N) is 1. The van der Waals surface area contributed by atoms with Crippen LogP contribution in [0.1, 0.15) is 49.1 Å². The first-order chi connectivity index (χ1) is 15.3. The van der Waals surface area contributed by atoms with Crippen LogP contribution >= 0.6 is 0 Å². The van der Waals surface area contributed by atoms with Crippen LogP contribution in [0.5, 0.6) is 0 Å². The number of piperidine rings is 1. The lowest BCUT2D eigenvalue weighted by Crippen LogP contribution is -2.43. The molecule has 1 saturated heterocycles. The molecule has 32 heavy (non-hydrogen) atoms. The predicted molar refractivity (Wildman–Crippen MR) is 116 cm³/mol. The highest BCUT2D eigenvalue weighted by Gasteiger charge is 2.46. The van der Waals surface area contributed by atoms with Crippen molar-refractivity contribution in [3.05, 3.63) is 41.7 Å². The molecule has 1 saturated carbocycles. The first kappa shape index (κ1) is 21.0. The van der Waals surface area contributed by atoms with E-state index in [1.165, 1.54) is 0 Å². The van der Waals surface area contributed by atoms with E-state index < -0.39 is 12.1 Å². The van der Waals surface area contributed by atoms with Gasteiger partial charge in [-0.15, -0.1) is 0 Å². The van der Waals surface area contributed by atoms with Gasteiger partial charge in [-0.1, -0.05) is 12.5 Å². The number of fused-ring (bicyclic) bond motifs is 3. The number of pyridine rings is 2. The van der Waals surface area contributed by atoms with E-state index in [0.29, 0.717) is 30.3 Å². The maximum atomic E-state index is 13.3. The zero-order chi connectivity index (χ0) is 22.5. The van der Waals surface area contributed by atoms with Crippen molar-refractivity contribution in [2.75, 3.05) is 28.2 Å². The molecule has 3 unspecified atom stereocenters. The number of hydrogen-bond acceptors (Lipinski definition) is 4. The summed E-state index contributed by atoms with van der Waals surface area (Å²) in [5, 5.41) is 2.93. The predicted octanol–water partition coefficient (Wildman–Crippen LogP) is 5.25. The fraction of sp³-hybridized carbons (Fsp3) is 0.522. The van der Waals surface area contributed by atoms with Gasteiger partial charge < -0.3 is 10.2 Å². The summed E-state index contributed by atoms with van der Waals surface area (Å²) < 4.78 is 39.9. The fourth-order valence-corrected chi connectivity index (χ4v) is 5.38. The Kier molecular flexibility index (Phi) is 5.22. The third-order valence-corrected chi connectivity index (χ3v) is 6.88. The number of nitrogens with zero attached hydrogens (tertiary/aromatic N) is 4. The van der Waals surface area contributed by atoms with E-state index in [0.717, 1.165) is 30.4 Å². The number of anilines is 3. The monoisotopic (exact) mass is 445 g/mol. The van der Waals surface area contributed by atoms with Gasteiger partial charge in [0.1, 0.15) is 11.6 Å². The highest BCUT2D eigenvalue weighted by Crippen LogP contribution is 2.49. The standard InChI is InChI=1S/C23H26F3N5O/c1-14-10-16(12-27-11-14)28-22(32)31-19-6-2-5-17(19)18-7-8-20(29-21(18)31)30-9-3-4-15(13-30)23(24,25)26/h7-8,10-12,15,17,19H,2-6,9,13H2,1H3,(H,28,32). The highest BCUT2D eigenvalue weighted by atomic mass is 19.4. The van der Waals surface area contributed by atoms with E-state index in [-0.39, 0.29) is 31.0 Å². The maximum absolute atomic E-state index is 13.3. The summed E-state index contributed by atoms with van der Waals surface area (Å²) in [6.45, 7) is 2.34. The Labute approximate surface area is 184 Å². The van der Waals surface area contributed by atoms with Crippen molar-refractivity contribution in [3.63, 3.8) is 0 Å². The Morgan fingerprint density at radius 3 is 2.78 bits per heavy atom. The van der Waals surface area contributed by atoms with E-state index in [1.807, 2.05) is 25.1 Å². The van der Waals surface area contributed by atoms with Crippen molar-refractivity contribution in [1.82, 2.24) is 9.97 Å². The molecule has 3 atom stereocenters. The summed E-state index contributed by atoms with van der Waals surface area (Å²) in [4.78, 5) is 25.6. The number of urea groups is 1. The summed E-state index contributed by atoms with van der Waals surface area (Å²) in [7, 11) is 0. The number of aryl methyl sites for hydroxylation is 1. The van der Waals surface area contributed by atoms with Crippen LogP contribution in [0.4, 0.5) is 35.3 Å². The van der Waals surface area contributed by atoms with Gasteiger partial charge in [-0.2, -0.15) is 13.2 Å². The van der Waals surface area contributed by atoms with Crippen LogP contribution in [0.3, 0.4) is 0 Å². The van der Waals surface area contributed by atoms with Gasteiger partial charge >= 0.3 is 12.2 Å². The van der Waals surface area contributed by atoms with Gasteiger partial charge in [0, 0.05) is 36.8 Å². The number of amides is 2. The molecule has 1 N–H and O–H groups in total. The van der Waals surface area contributed by atoms with E-state index >= 15 is 0 Å². The van der Waals surface area contributed by atoms with Crippen LogP contribution in [-0.4, -0.2) is 41.3 Å². The van der Waals surface area contributed by atoms with Crippen LogP contribution in [0, 0.1) is 12.8 Å². The van der Waals surface area contributed by atoms with Gasteiger partial charge in [0.2, 0.25) is 0 Å². The largest absolute Gasteiger partial charge is 0.393 e. The molecule has 0 radical (unpaired) electrons. The van der Waals surface area contributed by atoms with Crippen molar-refractivity contribution in [2.45, 2.75) is 57.2 Å². The SMILES string of the molecule is Cc1cncc(NC(=O)N2c3nc(N4CCCC(C(F)(F)F)C4)ccc3C3CCCC32)c1. The Hall–Kier alpha value is -2.84. The van der Waals surface area contributed by atoms with E-state index in [2.05, 4.69) is 10.3 Å². The van der Waals surface area contributed by atoms with E-state index in [4.69, 9.17) is 4.98 Å². The van der Waals surface area contributed by atoms with Gasteiger partial charge in [-0.05, 0) is 50.3 Å². The van der Waals surface area contributed by atoms with Gasteiger partial charge in [-0.3, -0.25) is 9.88 Å². The lowest BCUT2D eigenvalue weighted by Gasteiger charge is -2.35. The normalized spacial score (nSPS) is 24.9. The molecule has 0 bridgehead atoms. The molecule has 170 valence electrons. The zero-order valence-corrected chi connectivity index (χ0v) is 17.9. The molecular weight excluding hydrogens is 419 g/mol. The second kappa shape index (κ2) is 7.94. The van der Waals surface area contributed by atoms with Crippen molar-refractivity contribution >= 4 is 23.4 Å². The summed E-state index contributed by atoms with van der Waals surface area (Å²) in [5.74, 6) is -0.0479. The average Bonchev–Trinajstić information content (AvgIpc) is 3.33. The van der Waals surface area contributed by atoms with E-state index in [9.17, 15) is 18.0 Å². The second-order valence-electron chi connectivity index (χ2n) is 9.06. The Bertz CT molecular complexity index is 1030. The quantitative estimate of drug-likeness (QED) is 0.686. The zero-order valence-electron chi connectivity index (χ0n) is 17.9. The molecule has 0 spiro atoms. The smallest absolute Gasteiger partial charge is 0.356 e. The summed E-state index contributed by atoms with van der Waals surface area (Å²) in [5.41, 5.74) is 2.56. The Morgan fingerprint density at radius 2 is 2.00 bits per heavy atom. The van der Waals surface area contributed by atoms with Crippen molar-refractivity contribution in [3.8, 4) is 0 Å². The maximum Gasteiger partial charge on any atom is 0.393 e. The number of halogens is 3. The lowest BCUT2D eigenvalue weighted by atomic mass is 9.97. The molecule has 1 aliphatic carbocycles. The second-order valence-corrected chi connectivity index (χ2v) is 9.06. The first-order valence-electron chi connectivity index (χ1n) is 11.2. The van der Waals surface area contributed by atoms with Crippen LogP contribution in [-0.2, 0) is 0 Å². The average molecular weight is 445 g/mol. The van der Waals surface area contributed by atoms with Crippen molar-refractivity contribution < 1.29 is 18.0 Å². The van der Waals surface area contributed by atoms with Crippen LogP contribution in [0.2, 0.25) is 0 Å². The molecule has 2 fully saturated rings. The molecule has 6 nitrogen and oxygen atoms in total. The number of rotatable bonds is 2. The Balaban J connectivity index is 1.44. The third kappa shape index (κ3) is 3.78. The lowest BCUT2D eigenvalue weighted by molar-refractivity contribution is -0.176. The van der Waals surface area contributed by atoms with Crippen molar-refractivity contribution in [1.29, 1.82) is 0 Å². The molecule has 4 heterocycles. The number of hydrogen-bond donors (Lipinski definition) is 1. The number of aromatic nitrogens is 2. The summed E-state index contributed by atoms with van der Waals surface area (Å²) in [6.07, 6.45) is 2.63. The highest BCUT2D eigenvalue weighted by molar-refractivity contribution is 6.03. The summed E-state index contributed by atoms with van der Waals surface area (Å²) in [6, 6.07) is 5.38. The summed E-state index contributed by atoms with van der Waals surface area (Å²) >= 11 is 0. The molecule has 0 aromatic carbocycles. The molecule has 5 rings (SSSR count). The van der Waals surface area contributed by atoms with Crippen LogP contribution in [0.15, 0.2) is 30.6 Å². The molecule has 2 aliphatic heterocycles. The minimum atomic E-state index is -4.21. The number of alkyl halides is 3. The minimum Gasteiger partial charge on any atom is -0.356 e. The van der Waals surface area contributed by atoms with Gasteiger partial charge in [0.15, 0.2) is 0 Å². The van der Waals surface area contributed by atoms with Gasteiger partial charge in [0.25, 0.3) is 0 Å². The molecule has 2 aromatic rings. The molecular formula is C23H26F3N5O. The van der Waals surface area contributed by atoms with E-state index in [1.54, 1.807) is 22.2 Å². The molecule has 2 aromatic heterocycles. The van der Waals surface area contributed by atoms with Gasteiger partial charge in [0.05, 0.1) is 17.8 Å². The molecule has 9 heteroatoms. The first-order valence-corrected chi connectivity index (χ1v) is 11.2. The van der Waals surface area contributed by atoms with Crippen LogP contribution < -0.4 is 15.1 Å². The third-order valence-electron chi connectivity index (χ3n) is 6.88. The fourth-order valence-electron chi connectivity index (χ4n) is 5.38. The number of carbonyl (C=O) groups is 1. The minimum absolute atomic E-state index is 0.0230. The van der Waals surface area contributed by atoms with Crippen LogP contribution in [0.25, 0.3) is 0 Å². The molecule has 3 aliphatic rings. The number of carbonyl (C=O) groups excluding carboxylic acids is 1. The Morgan fingerprint density at radius 1 is 1.16 bits per heavy atom. The van der Waals surface area contributed by atoms with Gasteiger partial charge in [-0.25, -0.2) is 9.78 Å². The topological polar surface area (TPSA) is 61.4 Å². The van der Waals surface area contributed by atoms with Crippen molar-refractivity contribution in [2.24, 2.45) is 5.92 Å².